The normalized spacial score (nSPS) is 10.5. The molecule has 3 aromatic rings. The van der Waals surface area contributed by atoms with Gasteiger partial charge in [-0.1, -0.05) is 17.8 Å². The maximum absolute atomic E-state index is 13.3. The molecule has 156 valence electrons. The summed E-state index contributed by atoms with van der Waals surface area (Å²) in [6.07, 6.45) is 0. The van der Waals surface area contributed by atoms with Gasteiger partial charge in [0.05, 0.1) is 19.4 Å². The summed E-state index contributed by atoms with van der Waals surface area (Å²) in [5, 5.41) is 12.5. The van der Waals surface area contributed by atoms with E-state index in [2.05, 4.69) is 25.8 Å². The van der Waals surface area contributed by atoms with Crippen molar-refractivity contribution >= 4 is 29.3 Å². The number of hydrogen-bond donors (Lipinski definition) is 3. The van der Waals surface area contributed by atoms with Crippen molar-refractivity contribution < 1.29 is 18.7 Å². The van der Waals surface area contributed by atoms with Crippen LogP contribution in [-0.4, -0.2) is 39.9 Å². The van der Waals surface area contributed by atoms with Gasteiger partial charge in [0.1, 0.15) is 17.4 Å². The van der Waals surface area contributed by atoms with Gasteiger partial charge in [-0.15, -0.1) is 5.10 Å². The molecule has 3 rings (SSSR count). The smallest absolute Gasteiger partial charge is 0.251 e. The molecule has 0 aliphatic rings. The van der Waals surface area contributed by atoms with E-state index >= 15 is 0 Å². The lowest BCUT2D eigenvalue weighted by Crippen LogP contribution is -2.23. The monoisotopic (exact) mass is 429 g/mol. The Bertz CT molecular complexity index is 1040. The predicted octanol–water partition coefficient (Wildman–Crippen LogP) is 2.92. The van der Waals surface area contributed by atoms with Crippen molar-refractivity contribution in [2.75, 3.05) is 18.2 Å². The number of halogens is 1. The molecular formula is C20H20FN5O3S. The number of benzene rings is 2. The van der Waals surface area contributed by atoms with Gasteiger partial charge in [-0.2, -0.15) is 0 Å². The Hall–Kier alpha value is -3.40. The number of carbonyl (C=O) groups excluding carboxylic acids is 2. The summed E-state index contributed by atoms with van der Waals surface area (Å²) in [7, 11) is 1.56. The average Bonchev–Trinajstić information content (AvgIpc) is 3.21. The van der Waals surface area contributed by atoms with Crippen molar-refractivity contribution in [3.05, 3.63) is 65.2 Å². The minimum absolute atomic E-state index is 0.0610. The van der Waals surface area contributed by atoms with Crippen LogP contribution in [0.3, 0.4) is 0 Å². The predicted molar refractivity (Wildman–Crippen MR) is 111 cm³/mol. The molecule has 0 spiro atoms. The second-order valence-electron chi connectivity index (χ2n) is 6.27. The van der Waals surface area contributed by atoms with Crippen LogP contribution in [0.4, 0.5) is 10.1 Å². The van der Waals surface area contributed by atoms with Crippen molar-refractivity contribution in [1.82, 2.24) is 20.5 Å². The number of nitrogens with zero attached hydrogens (tertiary/aromatic N) is 2. The summed E-state index contributed by atoms with van der Waals surface area (Å²) in [4.78, 5) is 28.5. The molecule has 3 N–H and O–H groups in total. The number of aryl methyl sites for hydroxylation is 1. The zero-order valence-electron chi connectivity index (χ0n) is 16.4. The van der Waals surface area contributed by atoms with E-state index in [1.807, 2.05) is 0 Å². The first-order valence-corrected chi connectivity index (χ1v) is 9.95. The van der Waals surface area contributed by atoms with Gasteiger partial charge in [0.15, 0.2) is 0 Å². The second kappa shape index (κ2) is 9.88. The quantitative estimate of drug-likeness (QED) is 0.475. The summed E-state index contributed by atoms with van der Waals surface area (Å²) in [6, 6.07) is 10.9. The van der Waals surface area contributed by atoms with Gasteiger partial charge in [-0.25, -0.2) is 9.37 Å². The van der Waals surface area contributed by atoms with E-state index in [1.54, 1.807) is 44.4 Å². The van der Waals surface area contributed by atoms with Crippen LogP contribution in [0.25, 0.3) is 0 Å². The minimum Gasteiger partial charge on any atom is -0.497 e. The van der Waals surface area contributed by atoms with Crippen LogP contribution in [0.5, 0.6) is 5.75 Å². The topological polar surface area (TPSA) is 109 Å². The first-order valence-electron chi connectivity index (χ1n) is 8.97. The highest BCUT2D eigenvalue weighted by atomic mass is 32.2. The molecule has 0 aliphatic heterocycles. The second-order valence-corrected chi connectivity index (χ2v) is 7.21. The Morgan fingerprint density at radius 1 is 1.20 bits per heavy atom. The van der Waals surface area contributed by atoms with E-state index in [9.17, 15) is 14.0 Å². The number of hydrogen-bond acceptors (Lipinski definition) is 6. The molecule has 8 nitrogen and oxygen atoms in total. The zero-order valence-corrected chi connectivity index (χ0v) is 17.2. The number of anilines is 1. The Kier molecular flexibility index (Phi) is 7.02. The number of H-pyrrole nitrogens is 1. The van der Waals surface area contributed by atoms with E-state index < -0.39 is 5.82 Å². The Morgan fingerprint density at radius 2 is 1.97 bits per heavy atom. The van der Waals surface area contributed by atoms with Crippen molar-refractivity contribution in [2.24, 2.45) is 0 Å². The molecule has 2 amide bonds. The molecule has 1 aromatic heterocycles. The highest BCUT2D eigenvalue weighted by molar-refractivity contribution is 7.99. The molecule has 0 fully saturated rings. The van der Waals surface area contributed by atoms with E-state index in [0.717, 1.165) is 17.3 Å². The molecule has 0 saturated carbocycles. The molecule has 0 saturated heterocycles. The number of methoxy groups -OCH3 is 1. The Morgan fingerprint density at radius 3 is 2.70 bits per heavy atom. The van der Waals surface area contributed by atoms with Crippen molar-refractivity contribution in [2.45, 2.75) is 18.6 Å². The number of aromatic nitrogens is 3. The number of thioether (sulfide) groups is 1. The number of ether oxygens (including phenoxy) is 1. The molecule has 1 heterocycles. The molecular weight excluding hydrogens is 409 g/mol. The van der Waals surface area contributed by atoms with Crippen LogP contribution in [0.2, 0.25) is 0 Å². The van der Waals surface area contributed by atoms with Crippen LogP contribution in [0.15, 0.2) is 47.6 Å². The first-order chi connectivity index (χ1) is 14.4. The van der Waals surface area contributed by atoms with Gasteiger partial charge in [0.25, 0.3) is 5.91 Å². The average molecular weight is 429 g/mol. The molecule has 30 heavy (non-hydrogen) atoms. The first kappa shape index (κ1) is 21.3. The third kappa shape index (κ3) is 5.80. The number of carbonyl (C=O) groups is 2. The van der Waals surface area contributed by atoms with Crippen molar-refractivity contribution in [3.63, 3.8) is 0 Å². The van der Waals surface area contributed by atoms with Gasteiger partial charge < -0.3 is 15.4 Å². The van der Waals surface area contributed by atoms with Crippen LogP contribution in [-0.2, 0) is 11.3 Å². The number of amides is 2. The third-order valence-corrected chi connectivity index (χ3v) is 4.93. The number of aromatic amines is 1. The van der Waals surface area contributed by atoms with E-state index in [4.69, 9.17) is 4.74 Å². The largest absolute Gasteiger partial charge is 0.497 e. The van der Waals surface area contributed by atoms with Crippen LogP contribution >= 0.6 is 11.8 Å². The molecule has 0 aliphatic carbocycles. The Balaban J connectivity index is 1.47. The highest BCUT2D eigenvalue weighted by Gasteiger charge is 2.11. The fraction of sp³-hybridized carbons (Fsp3) is 0.200. The summed E-state index contributed by atoms with van der Waals surface area (Å²) >= 11 is 1.13. The lowest BCUT2D eigenvalue weighted by molar-refractivity contribution is -0.113. The van der Waals surface area contributed by atoms with Gasteiger partial charge in [0, 0.05) is 11.3 Å². The molecule has 0 unspecified atom stereocenters. The SMILES string of the molecule is COc1ccc(C(=O)NCc2nc(SCC(=O)Nc3cc(F)ccc3C)n[nH]2)cc1. The summed E-state index contributed by atoms with van der Waals surface area (Å²) in [5.41, 5.74) is 1.69. The molecule has 0 bridgehead atoms. The van der Waals surface area contributed by atoms with Crippen molar-refractivity contribution in [1.29, 1.82) is 0 Å². The van der Waals surface area contributed by atoms with Crippen LogP contribution in [0, 0.1) is 12.7 Å². The third-order valence-electron chi connectivity index (χ3n) is 4.09. The van der Waals surface area contributed by atoms with Crippen LogP contribution in [0.1, 0.15) is 21.7 Å². The lowest BCUT2D eigenvalue weighted by Gasteiger charge is -2.07. The fourth-order valence-electron chi connectivity index (χ4n) is 2.48. The maximum Gasteiger partial charge on any atom is 0.251 e. The minimum atomic E-state index is -0.418. The van der Waals surface area contributed by atoms with Crippen molar-refractivity contribution in [3.8, 4) is 5.75 Å². The number of rotatable bonds is 8. The van der Waals surface area contributed by atoms with E-state index in [1.165, 1.54) is 12.1 Å². The molecule has 10 heteroatoms. The molecule has 0 radical (unpaired) electrons. The highest BCUT2D eigenvalue weighted by Crippen LogP contribution is 2.18. The van der Waals surface area contributed by atoms with Gasteiger partial charge in [-0.3, -0.25) is 14.7 Å². The summed E-state index contributed by atoms with van der Waals surface area (Å²) < 4.78 is 18.4. The van der Waals surface area contributed by atoms with E-state index in [-0.39, 0.29) is 24.1 Å². The fourth-order valence-corrected chi connectivity index (χ4v) is 3.09. The van der Waals surface area contributed by atoms with Gasteiger partial charge in [-0.05, 0) is 48.9 Å². The van der Waals surface area contributed by atoms with Crippen LogP contribution < -0.4 is 15.4 Å². The molecule has 2 aromatic carbocycles. The van der Waals surface area contributed by atoms with Gasteiger partial charge >= 0.3 is 0 Å². The Labute approximate surface area is 176 Å². The summed E-state index contributed by atoms with van der Waals surface area (Å²) in [5.74, 6) is 0.214. The summed E-state index contributed by atoms with van der Waals surface area (Å²) in [6.45, 7) is 1.94. The maximum atomic E-state index is 13.3. The standard InChI is InChI=1S/C20H20FN5O3S/c1-12-3-6-14(21)9-16(12)23-18(27)11-30-20-24-17(25-26-20)10-22-19(28)13-4-7-15(29-2)8-5-13/h3-9H,10-11H2,1-2H3,(H,22,28)(H,23,27)(H,24,25,26). The molecule has 0 atom stereocenters. The van der Waals surface area contributed by atoms with E-state index in [0.29, 0.717) is 28.0 Å². The zero-order chi connectivity index (χ0) is 21.5. The number of nitrogens with one attached hydrogen (secondary N) is 3. The lowest BCUT2D eigenvalue weighted by atomic mass is 10.2. The van der Waals surface area contributed by atoms with Gasteiger partial charge in [0.2, 0.25) is 11.1 Å².